The summed E-state index contributed by atoms with van der Waals surface area (Å²) in [6.45, 7) is 8.28. The van der Waals surface area contributed by atoms with E-state index in [0.29, 0.717) is 0 Å². The summed E-state index contributed by atoms with van der Waals surface area (Å²) in [6.07, 6.45) is 1.11. The first-order valence-electron chi connectivity index (χ1n) is 4.01. The lowest BCUT2D eigenvalue weighted by molar-refractivity contribution is -0.306. The molecule has 0 aliphatic carbocycles. The zero-order valence-electron chi connectivity index (χ0n) is 7.81. The molecule has 66 valence electrons. The van der Waals surface area contributed by atoms with Crippen molar-refractivity contribution in [1.82, 2.24) is 0 Å². The highest BCUT2D eigenvalue weighted by molar-refractivity contribution is 5.64. The van der Waals surface area contributed by atoms with Crippen molar-refractivity contribution in [3.63, 3.8) is 0 Å². The molecule has 2 nitrogen and oxygen atoms in total. The second kappa shape index (κ2) is 3.74. The predicted octanol–water partition coefficient (Wildman–Crippen LogP) is 1.20. The van der Waals surface area contributed by atoms with Crippen molar-refractivity contribution >= 4 is 5.97 Å². The first-order valence-corrected chi connectivity index (χ1v) is 4.01. The Morgan fingerprint density at radius 1 is 1.45 bits per heavy atom. The van der Waals surface area contributed by atoms with Gasteiger partial charge in [-0.15, -0.1) is 0 Å². The number of rotatable bonds is 3. The maximum absolute atomic E-state index is 10.2. The Labute approximate surface area is 68.6 Å². The van der Waals surface area contributed by atoms with Crippen molar-refractivity contribution in [2.75, 3.05) is 0 Å². The Kier molecular flexibility index (Phi) is 3.56. The lowest BCUT2D eigenvalue weighted by atomic mass is 9.84. The van der Waals surface area contributed by atoms with Crippen LogP contribution in [0.15, 0.2) is 0 Å². The van der Waals surface area contributed by atoms with E-state index in [2.05, 4.69) is 20.8 Å². The van der Waals surface area contributed by atoms with Crippen molar-refractivity contribution in [2.45, 2.75) is 40.5 Å². The lowest BCUT2D eigenvalue weighted by Gasteiger charge is -2.23. The monoisotopic (exact) mass is 157 g/mol. The number of carbonyl (C=O) groups is 1. The van der Waals surface area contributed by atoms with E-state index in [4.69, 9.17) is 0 Å². The molecule has 0 aromatic carbocycles. The van der Waals surface area contributed by atoms with Crippen LogP contribution in [0.25, 0.3) is 0 Å². The molecule has 0 saturated carbocycles. The summed E-state index contributed by atoms with van der Waals surface area (Å²) >= 11 is 0. The number of carbonyl (C=O) groups excluding carboxylic acids is 1. The van der Waals surface area contributed by atoms with Crippen LogP contribution in [0, 0.1) is 11.3 Å². The Hall–Kier alpha value is -0.530. The number of carboxylic acid groups (broad SMARTS) is 1. The topological polar surface area (TPSA) is 40.1 Å². The molecule has 0 saturated heterocycles. The van der Waals surface area contributed by atoms with Gasteiger partial charge in [-0.2, -0.15) is 0 Å². The molecule has 0 aromatic heterocycles. The number of carboxylic acids is 1. The van der Waals surface area contributed by atoms with Crippen LogP contribution in [0.4, 0.5) is 0 Å². The highest BCUT2D eigenvalue weighted by Crippen LogP contribution is 2.25. The van der Waals surface area contributed by atoms with Crippen LogP contribution < -0.4 is 5.11 Å². The van der Waals surface area contributed by atoms with Gasteiger partial charge in [0.1, 0.15) is 0 Å². The van der Waals surface area contributed by atoms with E-state index in [9.17, 15) is 9.90 Å². The molecule has 0 heterocycles. The van der Waals surface area contributed by atoms with Gasteiger partial charge in [0, 0.05) is 5.97 Å². The largest absolute Gasteiger partial charge is 0.550 e. The molecule has 2 heteroatoms. The highest BCUT2D eigenvalue weighted by atomic mass is 16.4. The van der Waals surface area contributed by atoms with Crippen LogP contribution in [-0.4, -0.2) is 5.97 Å². The lowest BCUT2D eigenvalue weighted by Crippen LogP contribution is -2.25. The van der Waals surface area contributed by atoms with E-state index >= 15 is 0 Å². The molecule has 1 atom stereocenters. The molecule has 0 amide bonds. The Bertz CT molecular complexity index is 133. The molecular weight excluding hydrogens is 140 g/mol. The number of aliphatic carboxylic acids is 1. The first kappa shape index (κ1) is 10.5. The van der Waals surface area contributed by atoms with E-state index < -0.39 is 5.97 Å². The van der Waals surface area contributed by atoms with Crippen molar-refractivity contribution in [1.29, 1.82) is 0 Å². The summed E-state index contributed by atoms with van der Waals surface area (Å²) in [5, 5.41) is 10.2. The quantitative estimate of drug-likeness (QED) is 0.617. The fraction of sp³-hybridized carbons (Fsp3) is 0.889. The molecule has 0 N–H and O–H groups in total. The zero-order valence-corrected chi connectivity index (χ0v) is 7.81. The van der Waals surface area contributed by atoms with Crippen molar-refractivity contribution < 1.29 is 9.90 Å². The van der Waals surface area contributed by atoms with E-state index in [1.54, 1.807) is 0 Å². The van der Waals surface area contributed by atoms with Gasteiger partial charge >= 0.3 is 0 Å². The number of hydrogen-bond donors (Lipinski definition) is 0. The maximum Gasteiger partial charge on any atom is 0.0416 e. The zero-order chi connectivity index (χ0) is 9.07. The standard InChI is InChI=1S/C9H18O2/c1-7(5-8(10)11)6-9(2,3)4/h7H,5-6H2,1-4H3,(H,10,11)/p-1/t7-/m0/s1. The van der Waals surface area contributed by atoms with E-state index in [0.717, 1.165) is 6.42 Å². The summed E-state index contributed by atoms with van der Waals surface area (Å²) in [4.78, 5) is 10.2. The van der Waals surface area contributed by atoms with Gasteiger partial charge in [0.05, 0.1) is 0 Å². The molecule has 0 spiro atoms. The average molecular weight is 157 g/mol. The van der Waals surface area contributed by atoms with Gasteiger partial charge in [-0.05, 0) is 24.2 Å². The van der Waals surface area contributed by atoms with Crippen LogP contribution in [0.5, 0.6) is 0 Å². The second-order valence-corrected chi connectivity index (χ2v) is 4.45. The molecule has 0 unspecified atom stereocenters. The molecule has 0 fully saturated rings. The van der Waals surface area contributed by atoms with E-state index in [1.807, 2.05) is 6.92 Å². The third-order valence-electron chi connectivity index (χ3n) is 1.48. The molecule has 0 radical (unpaired) electrons. The summed E-state index contributed by atoms with van der Waals surface area (Å²) in [5.41, 5.74) is 0.217. The van der Waals surface area contributed by atoms with Crippen molar-refractivity contribution in [2.24, 2.45) is 11.3 Å². The Balaban J connectivity index is 3.69. The van der Waals surface area contributed by atoms with Crippen LogP contribution in [0.3, 0.4) is 0 Å². The van der Waals surface area contributed by atoms with Gasteiger partial charge in [-0.1, -0.05) is 27.7 Å². The Morgan fingerprint density at radius 3 is 2.18 bits per heavy atom. The molecule has 0 rings (SSSR count). The van der Waals surface area contributed by atoms with Gasteiger partial charge in [0.25, 0.3) is 0 Å². The van der Waals surface area contributed by atoms with Gasteiger partial charge in [0.15, 0.2) is 0 Å². The summed E-state index contributed by atoms with van der Waals surface area (Å²) in [7, 11) is 0. The minimum Gasteiger partial charge on any atom is -0.550 e. The highest BCUT2D eigenvalue weighted by Gasteiger charge is 2.14. The average Bonchev–Trinajstić information content (AvgIpc) is 1.53. The molecule has 0 aliphatic rings. The fourth-order valence-corrected chi connectivity index (χ4v) is 1.40. The first-order chi connectivity index (χ1) is 4.81. The third-order valence-corrected chi connectivity index (χ3v) is 1.48. The summed E-state index contributed by atoms with van der Waals surface area (Å²) in [6, 6.07) is 0. The third kappa shape index (κ3) is 7.37. The van der Waals surface area contributed by atoms with Crippen LogP contribution in [0.2, 0.25) is 0 Å². The van der Waals surface area contributed by atoms with E-state index in [1.165, 1.54) is 0 Å². The summed E-state index contributed by atoms with van der Waals surface area (Å²) < 4.78 is 0. The SMILES string of the molecule is C[C@@H](CC(=O)[O-])CC(C)(C)C. The van der Waals surface area contributed by atoms with Crippen LogP contribution in [-0.2, 0) is 4.79 Å². The smallest absolute Gasteiger partial charge is 0.0416 e. The fourth-order valence-electron chi connectivity index (χ4n) is 1.40. The van der Waals surface area contributed by atoms with Gasteiger partial charge in [-0.25, -0.2) is 0 Å². The Morgan fingerprint density at radius 2 is 1.91 bits per heavy atom. The van der Waals surface area contributed by atoms with Gasteiger partial charge < -0.3 is 9.90 Å². The molecule has 0 bridgehead atoms. The van der Waals surface area contributed by atoms with Crippen molar-refractivity contribution in [3.05, 3.63) is 0 Å². The van der Waals surface area contributed by atoms with Gasteiger partial charge in [0.2, 0.25) is 0 Å². The van der Waals surface area contributed by atoms with Crippen molar-refractivity contribution in [3.8, 4) is 0 Å². The predicted molar refractivity (Wildman–Crippen MR) is 42.9 cm³/mol. The molecule has 0 aliphatic heterocycles. The van der Waals surface area contributed by atoms with Gasteiger partial charge in [-0.3, -0.25) is 0 Å². The maximum atomic E-state index is 10.2. The van der Waals surface area contributed by atoms with Crippen LogP contribution >= 0.6 is 0 Å². The molecular formula is C9H17O2-. The number of hydrogen-bond acceptors (Lipinski definition) is 2. The second-order valence-electron chi connectivity index (χ2n) is 4.45. The normalized spacial score (nSPS) is 14.5. The molecule has 11 heavy (non-hydrogen) atoms. The molecule has 0 aromatic rings. The van der Waals surface area contributed by atoms with Crippen LogP contribution in [0.1, 0.15) is 40.5 Å². The summed E-state index contributed by atoms with van der Waals surface area (Å²) in [5.74, 6) is -0.721. The minimum atomic E-state index is -0.943. The minimum absolute atomic E-state index is 0.178. The van der Waals surface area contributed by atoms with E-state index in [-0.39, 0.29) is 17.8 Å².